The Bertz CT molecular complexity index is 1030. The van der Waals surface area contributed by atoms with Gasteiger partial charge in [-0.15, -0.1) is 0 Å². The van der Waals surface area contributed by atoms with Crippen LogP contribution in [0.4, 0.5) is 11.5 Å². The van der Waals surface area contributed by atoms with Crippen LogP contribution >= 0.6 is 23.2 Å². The Morgan fingerprint density at radius 1 is 1.15 bits per heavy atom. The molecule has 0 bridgehead atoms. The highest BCUT2D eigenvalue weighted by Gasteiger charge is 2.18. The van der Waals surface area contributed by atoms with Crippen LogP contribution in [0.15, 0.2) is 42.6 Å². The Labute approximate surface area is 161 Å². The average molecular weight is 412 g/mol. The number of sulfonamides is 1. The SMILES string of the molecule is CN(c1ccccc1)S(=O)(=O)CCNc1nc(Cl)nc2cnc(Cl)cc12. The van der Waals surface area contributed by atoms with Crippen molar-refractivity contribution in [1.29, 1.82) is 0 Å². The normalized spacial score (nSPS) is 11.5. The molecule has 0 saturated carbocycles. The molecule has 0 saturated heterocycles. The van der Waals surface area contributed by atoms with Gasteiger partial charge in [-0.2, -0.15) is 0 Å². The summed E-state index contributed by atoms with van der Waals surface area (Å²) in [6.45, 7) is 0.141. The van der Waals surface area contributed by atoms with E-state index < -0.39 is 10.0 Å². The monoisotopic (exact) mass is 411 g/mol. The molecular formula is C16H15Cl2N5O2S. The van der Waals surface area contributed by atoms with Crippen molar-refractivity contribution in [2.45, 2.75) is 0 Å². The van der Waals surface area contributed by atoms with Gasteiger partial charge in [-0.25, -0.2) is 23.4 Å². The minimum absolute atomic E-state index is 0.0355. The number of anilines is 2. The van der Waals surface area contributed by atoms with E-state index in [1.165, 1.54) is 17.5 Å². The van der Waals surface area contributed by atoms with Crippen molar-refractivity contribution in [3.05, 3.63) is 53.0 Å². The Hall–Kier alpha value is -2.16. The number of benzene rings is 1. The molecule has 0 atom stereocenters. The number of hydrogen-bond acceptors (Lipinski definition) is 6. The quantitative estimate of drug-likeness (QED) is 0.494. The van der Waals surface area contributed by atoms with E-state index in [4.69, 9.17) is 23.2 Å². The van der Waals surface area contributed by atoms with Crippen molar-refractivity contribution < 1.29 is 8.42 Å². The highest BCUT2D eigenvalue weighted by Crippen LogP contribution is 2.24. The molecule has 26 heavy (non-hydrogen) atoms. The molecule has 0 aliphatic rings. The fourth-order valence-electron chi connectivity index (χ4n) is 2.35. The summed E-state index contributed by atoms with van der Waals surface area (Å²) in [6, 6.07) is 10.5. The molecule has 3 aromatic rings. The molecule has 0 aliphatic carbocycles. The largest absolute Gasteiger partial charge is 0.368 e. The zero-order valence-corrected chi connectivity index (χ0v) is 16.1. The molecular weight excluding hydrogens is 397 g/mol. The molecule has 2 heterocycles. The van der Waals surface area contributed by atoms with E-state index in [0.29, 0.717) is 22.4 Å². The summed E-state index contributed by atoms with van der Waals surface area (Å²) in [5.74, 6) is 0.280. The van der Waals surface area contributed by atoms with Crippen LogP contribution in [0, 0.1) is 0 Å². The summed E-state index contributed by atoms with van der Waals surface area (Å²) in [4.78, 5) is 12.1. The number of fused-ring (bicyclic) bond motifs is 1. The van der Waals surface area contributed by atoms with Crippen molar-refractivity contribution >= 4 is 55.6 Å². The van der Waals surface area contributed by atoms with Crippen LogP contribution in [0.25, 0.3) is 10.9 Å². The zero-order valence-electron chi connectivity index (χ0n) is 13.7. The minimum Gasteiger partial charge on any atom is -0.368 e. The molecule has 3 rings (SSSR count). The topological polar surface area (TPSA) is 88.1 Å². The predicted molar refractivity (Wildman–Crippen MR) is 104 cm³/mol. The number of hydrogen-bond donors (Lipinski definition) is 1. The third-order valence-corrected chi connectivity index (χ3v) is 5.85. The fraction of sp³-hybridized carbons (Fsp3) is 0.188. The standard InChI is InChI=1S/C16H15Cl2N5O2S/c1-23(11-5-3-2-4-6-11)26(24,25)8-7-19-15-12-9-14(17)20-10-13(12)21-16(18)22-15/h2-6,9-10H,7-8H2,1H3,(H,19,21,22). The van der Waals surface area contributed by atoms with Gasteiger partial charge in [-0.05, 0) is 29.8 Å². The lowest BCUT2D eigenvalue weighted by Crippen LogP contribution is -2.31. The number of halogens is 2. The van der Waals surface area contributed by atoms with Gasteiger partial charge < -0.3 is 5.32 Å². The number of para-hydroxylation sites is 1. The van der Waals surface area contributed by atoms with E-state index in [0.717, 1.165) is 0 Å². The van der Waals surface area contributed by atoms with Crippen molar-refractivity contribution in [2.75, 3.05) is 29.0 Å². The summed E-state index contributed by atoms with van der Waals surface area (Å²) < 4.78 is 26.3. The van der Waals surface area contributed by atoms with E-state index in [1.807, 2.05) is 6.07 Å². The smallest absolute Gasteiger partial charge is 0.236 e. The van der Waals surface area contributed by atoms with Crippen LogP contribution in [-0.4, -0.2) is 42.7 Å². The number of nitrogens with zero attached hydrogens (tertiary/aromatic N) is 4. The maximum Gasteiger partial charge on any atom is 0.236 e. The third kappa shape index (κ3) is 4.14. The molecule has 1 aromatic carbocycles. The summed E-state index contributed by atoms with van der Waals surface area (Å²) in [6.07, 6.45) is 1.48. The summed E-state index contributed by atoms with van der Waals surface area (Å²) >= 11 is 11.8. The highest BCUT2D eigenvalue weighted by molar-refractivity contribution is 7.92. The van der Waals surface area contributed by atoms with Crippen LogP contribution in [0.1, 0.15) is 0 Å². The number of pyridine rings is 1. The van der Waals surface area contributed by atoms with E-state index >= 15 is 0 Å². The van der Waals surface area contributed by atoms with Gasteiger partial charge in [-0.3, -0.25) is 4.31 Å². The second-order valence-electron chi connectivity index (χ2n) is 5.41. The van der Waals surface area contributed by atoms with Crippen molar-refractivity contribution in [2.24, 2.45) is 0 Å². The molecule has 2 aromatic heterocycles. The molecule has 10 heteroatoms. The maximum absolute atomic E-state index is 12.5. The van der Waals surface area contributed by atoms with Gasteiger partial charge in [0.1, 0.15) is 11.0 Å². The molecule has 0 amide bonds. The lowest BCUT2D eigenvalue weighted by Gasteiger charge is -2.19. The van der Waals surface area contributed by atoms with E-state index in [-0.39, 0.29) is 22.7 Å². The number of rotatable bonds is 6. The van der Waals surface area contributed by atoms with Gasteiger partial charge in [0.05, 0.1) is 23.2 Å². The van der Waals surface area contributed by atoms with Crippen molar-refractivity contribution in [1.82, 2.24) is 15.0 Å². The molecule has 0 spiro atoms. The van der Waals surface area contributed by atoms with E-state index in [2.05, 4.69) is 20.3 Å². The second-order valence-corrected chi connectivity index (χ2v) is 8.26. The lowest BCUT2D eigenvalue weighted by molar-refractivity contribution is 0.594. The third-order valence-electron chi connectivity index (χ3n) is 3.71. The van der Waals surface area contributed by atoms with E-state index in [1.54, 1.807) is 30.3 Å². The Morgan fingerprint density at radius 2 is 1.88 bits per heavy atom. The predicted octanol–water partition coefficient (Wildman–Crippen LogP) is 3.21. The van der Waals surface area contributed by atoms with Gasteiger partial charge in [0.15, 0.2) is 0 Å². The first kappa shape index (κ1) is 18.6. The Balaban J connectivity index is 1.75. The Morgan fingerprint density at radius 3 is 2.62 bits per heavy atom. The molecule has 7 nitrogen and oxygen atoms in total. The molecule has 1 N–H and O–H groups in total. The van der Waals surface area contributed by atoms with Gasteiger partial charge >= 0.3 is 0 Å². The van der Waals surface area contributed by atoms with Crippen molar-refractivity contribution in [3.8, 4) is 0 Å². The number of nitrogens with one attached hydrogen (secondary N) is 1. The van der Waals surface area contributed by atoms with Crippen LogP contribution in [-0.2, 0) is 10.0 Å². The number of aromatic nitrogens is 3. The molecule has 0 unspecified atom stereocenters. The Kier molecular flexibility index (Phi) is 5.45. The van der Waals surface area contributed by atoms with Crippen LogP contribution in [0.5, 0.6) is 0 Å². The van der Waals surface area contributed by atoms with Crippen LogP contribution in [0.2, 0.25) is 10.4 Å². The van der Waals surface area contributed by atoms with Crippen LogP contribution in [0.3, 0.4) is 0 Å². The minimum atomic E-state index is -3.50. The van der Waals surface area contributed by atoms with Gasteiger partial charge in [0.25, 0.3) is 0 Å². The maximum atomic E-state index is 12.5. The van der Waals surface area contributed by atoms with Crippen LogP contribution < -0.4 is 9.62 Å². The van der Waals surface area contributed by atoms with Crippen molar-refractivity contribution in [3.63, 3.8) is 0 Å². The van der Waals surface area contributed by atoms with Gasteiger partial charge in [0, 0.05) is 19.0 Å². The molecule has 0 aliphatic heterocycles. The summed E-state index contributed by atoms with van der Waals surface area (Å²) in [7, 11) is -1.98. The molecule has 136 valence electrons. The highest BCUT2D eigenvalue weighted by atomic mass is 35.5. The zero-order chi connectivity index (χ0) is 18.7. The first-order chi connectivity index (χ1) is 12.4. The van der Waals surface area contributed by atoms with E-state index in [9.17, 15) is 8.42 Å². The second kappa shape index (κ2) is 7.61. The molecule has 0 fully saturated rings. The summed E-state index contributed by atoms with van der Waals surface area (Å²) in [5.41, 5.74) is 1.11. The van der Waals surface area contributed by atoms with Gasteiger partial charge in [-0.1, -0.05) is 29.8 Å². The lowest BCUT2D eigenvalue weighted by atomic mass is 10.3. The fourth-order valence-corrected chi connectivity index (χ4v) is 3.76. The average Bonchev–Trinajstić information content (AvgIpc) is 2.62. The molecule has 0 radical (unpaired) electrons. The first-order valence-corrected chi connectivity index (χ1v) is 9.97. The van der Waals surface area contributed by atoms with Gasteiger partial charge in [0.2, 0.25) is 15.3 Å². The summed E-state index contributed by atoms with van der Waals surface area (Å²) in [5, 5.41) is 3.92. The first-order valence-electron chi connectivity index (χ1n) is 7.61.